The fraction of sp³-hybridized carbons (Fsp3) is 0.429. The van der Waals surface area contributed by atoms with Gasteiger partial charge in [-0.2, -0.15) is 0 Å². The van der Waals surface area contributed by atoms with E-state index in [1.165, 1.54) is 29.3 Å². The summed E-state index contributed by atoms with van der Waals surface area (Å²) in [6.07, 6.45) is 4.76. The highest BCUT2D eigenvalue weighted by Crippen LogP contribution is 2.29. The Bertz CT molecular complexity index is 514. The van der Waals surface area contributed by atoms with E-state index in [4.69, 9.17) is 10.5 Å². The molecule has 0 spiro atoms. The van der Waals surface area contributed by atoms with E-state index in [1.807, 2.05) is 0 Å². The van der Waals surface area contributed by atoms with Crippen molar-refractivity contribution in [1.82, 2.24) is 4.57 Å². The van der Waals surface area contributed by atoms with Crippen LogP contribution < -0.4 is 5.73 Å². The minimum Gasteiger partial charge on any atom is -0.360 e. The second kappa shape index (κ2) is 4.51. The molecule has 2 aromatic rings. The van der Waals surface area contributed by atoms with Gasteiger partial charge in [0, 0.05) is 12.7 Å². The highest BCUT2D eigenvalue weighted by Gasteiger charge is 2.21. The van der Waals surface area contributed by atoms with Crippen LogP contribution in [-0.2, 0) is 18.0 Å². The molecule has 1 heterocycles. The largest absolute Gasteiger partial charge is 0.360 e. The van der Waals surface area contributed by atoms with Gasteiger partial charge in [-0.1, -0.05) is 12.1 Å². The first-order valence-corrected chi connectivity index (χ1v) is 6.22. The molecule has 3 rings (SSSR count). The van der Waals surface area contributed by atoms with Gasteiger partial charge in [0.2, 0.25) is 0 Å². The lowest BCUT2D eigenvalue weighted by atomic mass is 10.2. The molecule has 17 heavy (non-hydrogen) atoms. The molecule has 0 aliphatic heterocycles. The summed E-state index contributed by atoms with van der Waals surface area (Å²) in [5, 5.41) is 1.25. The van der Waals surface area contributed by atoms with Crippen molar-refractivity contribution in [3.8, 4) is 0 Å². The predicted molar refractivity (Wildman–Crippen MR) is 68.5 cm³/mol. The van der Waals surface area contributed by atoms with E-state index in [-0.39, 0.29) is 0 Å². The van der Waals surface area contributed by atoms with Gasteiger partial charge in [0.25, 0.3) is 0 Å². The lowest BCUT2D eigenvalue weighted by Crippen LogP contribution is -2.04. The number of benzene rings is 1. The summed E-state index contributed by atoms with van der Waals surface area (Å²) in [4.78, 5) is 0. The molecule has 90 valence electrons. The van der Waals surface area contributed by atoms with Crippen molar-refractivity contribution in [2.45, 2.75) is 26.1 Å². The molecule has 1 saturated carbocycles. The predicted octanol–water partition coefficient (Wildman–Crippen LogP) is 2.48. The van der Waals surface area contributed by atoms with E-state index >= 15 is 0 Å². The topological polar surface area (TPSA) is 40.2 Å². The van der Waals surface area contributed by atoms with Crippen LogP contribution in [0.2, 0.25) is 0 Å². The van der Waals surface area contributed by atoms with Crippen LogP contribution in [0.3, 0.4) is 0 Å². The van der Waals surface area contributed by atoms with Gasteiger partial charge in [0.1, 0.15) is 6.73 Å². The SMILES string of the molecule is NCc1ccc2ccn(COCC3CC3)c2c1. The molecule has 1 aromatic heterocycles. The van der Waals surface area contributed by atoms with Crippen molar-refractivity contribution in [2.75, 3.05) is 6.61 Å². The van der Waals surface area contributed by atoms with Crippen LogP contribution in [0.5, 0.6) is 0 Å². The number of ether oxygens (including phenoxy) is 1. The fourth-order valence-corrected chi connectivity index (χ4v) is 2.07. The molecule has 0 atom stereocenters. The Hall–Kier alpha value is -1.32. The second-order valence-corrected chi connectivity index (χ2v) is 4.83. The summed E-state index contributed by atoms with van der Waals surface area (Å²) in [6, 6.07) is 8.47. The first-order valence-electron chi connectivity index (χ1n) is 6.22. The van der Waals surface area contributed by atoms with E-state index in [1.54, 1.807) is 0 Å². The van der Waals surface area contributed by atoms with Crippen molar-refractivity contribution in [3.05, 3.63) is 36.0 Å². The smallest absolute Gasteiger partial charge is 0.122 e. The Balaban J connectivity index is 1.77. The van der Waals surface area contributed by atoms with Gasteiger partial charge in [-0.15, -0.1) is 0 Å². The van der Waals surface area contributed by atoms with Crippen LogP contribution in [0.15, 0.2) is 30.5 Å². The molecular formula is C14H18N2O. The molecule has 3 heteroatoms. The molecule has 0 unspecified atom stereocenters. The van der Waals surface area contributed by atoms with E-state index in [0.29, 0.717) is 13.3 Å². The Morgan fingerprint density at radius 3 is 2.94 bits per heavy atom. The summed E-state index contributed by atoms with van der Waals surface area (Å²) >= 11 is 0. The molecule has 0 saturated heterocycles. The van der Waals surface area contributed by atoms with Crippen LogP contribution in [-0.4, -0.2) is 11.2 Å². The lowest BCUT2D eigenvalue weighted by Gasteiger charge is -2.07. The van der Waals surface area contributed by atoms with Gasteiger partial charge >= 0.3 is 0 Å². The van der Waals surface area contributed by atoms with Gasteiger partial charge in [0.15, 0.2) is 0 Å². The summed E-state index contributed by atoms with van der Waals surface area (Å²) < 4.78 is 7.86. The van der Waals surface area contributed by atoms with E-state index in [9.17, 15) is 0 Å². The molecular weight excluding hydrogens is 212 g/mol. The molecule has 3 nitrogen and oxygen atoms in total. The summed E-state index contributed by atoms with van der Waals surface area (Å²) in [5.74, 6) is 0.816. The normalized spacial score (nSPS) is 15.6. The third kappa shape index (κ3) is 2.35. The van der Waals surface area contributed by atoms with E-state index in [2.05, 4.69) is 35.0 Å². The molecule has 0 bridgehead atoms. The molecule has 0 radical (unpaired) electrons. The quantitative estimate of drug-likeness (QED) is 0.857. The second-order valence-electron chi connectivity index (χ2n) is 4.83. The molecule has 1 aromatic carbocycles. The number of rotatable bonds is 5. The molecule has 1 aliphatic rings. The first kappa shape index (κ1) is 10.8. The van der Waals surface area contributed by atoms with Gasteiger partial charge < -0.3 is 15.0 Å². The van der Waals surface area contributed by atoms with Crippen LogP contribution in [0.1, 0.15) is 18.4 Å². The number of hydrogen-bond donors (Lipinski definition) is 1. The Morgan fingerprint density at radius 1 is 1.29 bits per heavy atom. The zero-order valence-electron chi connectivity index (χ0n) is 9.93. The Kier molecular flexibility index (Phi) is 2.87. The van der Waals surface area contributed by atoms with E-state index in [0.717, 1.165) is 12.5 Å². The van der Waals surface area contributed by atoms with Crippen molar-refractivity contribution in [3.63, 3.8) is 0 Å². The maximum atomic E-state index is 5.72. The van der Waals surface area contributed by atoms with Crippen LogP contribution in [0, 0.1) is 5.92 Å². The third-order valence-electron chi connectivity index (χ3n) is 3.35. The number of aromatic nitrogens is 1. The molecule has 0 amide bonds. The van der Waals surface area contributed by atoms with Crippen LogP contribution >= 0.6 is 0 Å². The van der Waals surface area contributed by atoms with Crippen molar-refractivity contribution in [1.29, 1.82) is 0 Å². The van der Waals surface area contributed by atoms with Crippen LogP contribution in [0.25, 0.3) is 10.9 Å². The maximum Gasteiger partial charge on any atom is 0.122 e. The Morgan fingerprint density at radius 2 is 2.18 bits per heavy atom. The first-order chi connectivity index (χ1) is 8.36. The molecule has 1 fully saturated rings. The standard InChI is InChI=1S/C14H18N2O/c15-8-12-3-4-13-5-6-16(14(13)7-12)10-17-9-11-1-2-11/h3-7,11H,1-2,8-10,15H2. The maximum absolute atomic E-state index is 5.72. The van der Waals surface area contributed by atoms with Gasteiger partial charge in [-0.25, -0.2) is 0 Å². The highest BCUT2D eigenvalue weighted by molar-refractivity contribution is 5.80. The summed E-state index contributed by atoms with van der Waals surface area (Å²) in [7, 11) is 0. The molecule has 2 N–H and O–H groups in total. The zero-order valence-corrected chi connectivity index (χ0v) is 9.93. The van der Waals surface area contributed by atoms with Crippen LogP contribution in [0.4, 0.5) is 0 Å². The van der Waals surface area contributed by atoms with E-state index < -0.39 is 0 Å². The number of nitrogens with two attached hydrogens (primary N) is 1. The van der Waals surface area contributed by atoms with Crippen molar-refractivity contribution >= 4 is 10.9 Å². The number of hydrogen-bond acceptors (Lipinski definition) is 2. The monoisotopic (exact) mass is 230 g/mol. The zero-order chi connectivity index (χ0) is 11.7. The van der Waals surface area contributed by atoms with Crippen molar-refractivity contribution < 1.29 is 4.74 Å². The summed E-state index contributed by atoms with van der Waals surface area (Å²) in [5.41, 5.74) is 8.05. The van der Waals surface area contributed by atoms with Gasteiger partial charge in [-0.3, -0.25) is 0 Å². The average molecular weight is 230 g/mol. The number of fused-ring (bicyclic) bond motifs is 1. The van der Waals surface area contributed by atoms with Gasteiger partial charge in [0.05, 0.1) is 12.1 Å². The third-order valence-corrected chi connectivity index (χ3v) is 3.35. The Labute approximate surface area is 101 Å². The molecule has 1 aliphatic carbocycles. The minimum absolute atomic E-state index is 0.587. The number of nitrogens with zero attached hydrogens (tertiary/aromatic N) is 1. The van der Waals surface area contributed by atoms with Crippen molar-refractivity contribution in [2.24, 2.45) is 11.7 Å². The minimum atomic E-state index is 0.587. The lowest BCUT2D eigenvalue weighted by molar-refractivity contribution is 0.0718. The highest BCUT2D eigenvalue weighted by atomic mass is 16.5. The van der Waals surface area contributed by atoms with Gasteiger partial charge in [-0.05, 0) is 41.8 Å². The average Bonchev–Trinajstić information content (AvgIpc) is 3.10. The fourth-order valence-electron chi connectivity index (χ4n) is 2.07. The summed E-state index contributed by atoms with van der Waals surface area (Å²) in [6.45, 7) is 2.13.